The van der Waals surface area contributed by atoms with Gasteiger partial charge in [0.15, 0.2) is 11.6 Å². The average molecular weight is 335 g/mol. The molecule has 0 aliphatic carbocycles. The maximum atomic E-state index is 12.3. The number of hydrogen-bond acceptors (Lipinski definition) is 3. The third-order valence-electron chi connectivity index (χ3n) is 4.16. The fourth-order valence-corrected chi connectivity index (χ4v) is 2.60. The lowest BCUT2D eigenvalue weighted by atomic mass is 9.97. The Kier molecular flexibility index (Phi) is 5.14. The van der Waals surface area contributed by atoms with Gasteiger partial charge in [0.25, 0.3) is 0 Å². The SMILES string of the molecule is CCC(C)c1ccccc1NC(=O)Nc1cc(-c2ccccc2)on1. The Morgan fingerprint density at radius 3 is 2.56 bits per heavy atom. The van der Waals surface area contributed by atoms with E-state index in [2.05, 4.69) is 29.6 Å². The van der Waals surface area contributed by atoms with E-state index >= 15 is 0 Å². The molecule has 1 heterocycles. The van der Waals surface area contributed by atoms with Crippen molar-refractivity contribution in [1.29, 1.82) is 0 Å². The number of benzene rings is 2. The van der Waals surface area contributed by atoms with E-state index in [0.29, 0.717) is 17.5 Å². The van der Waals surface area contributed by atoms with Crippen molar-refractivity contribution in [3.05, 3.63) is 66.2 Å². The third-order valence-corrected chi connectivity index (χ3v) is 4.16. The van der Waals surface area contributed by atoms with Crippen molar-refractivity contribution in [3.63, 3.8) is 0 Å². The first-order valence-corrected chi connectivity index (χ1v) is 8.36. The minimum atomic E-state index is -0.344. The van der Waals surface area contributed by atoms with E-state index in [9.17, 15) is 4.79 Å². The van der Waals surface area contributed by atoms with Crippen LogP contribution < -0.4 is 10.6 Å². The average Bonchev–Trinajstić information content (AvgIpc) is 3.10. The van der Waals surface area contributed by atoms with E-state index in [-0.39, 0.29) is 6.03 Å². The number of anilines is 2. The molecule has 0 radical (unpaired) electrons. The van der Waals surface area contributed by atoms with Crippen LogP contribution in [0.5, 0.6) is 0 Å². The van der Waals surface area contributed by atoms with Gasteiger partial charge in [0.2, 0.25) is 0 Å². The minimum Gasteiger partial charge on any atom is -0.354 e. The molecule has 128 valence electrons. The van der Waals surface area contributed by atoms with E-state index in [1.807, 2.05) is 54.6 Å². The molecule has 3 aromatic rings. The highest BCUT2D eigenvalue weighted by Gasteiger charge is 2.13. The van der Waals surface area contributed by atoms with Gasteiger partial charge in [-0.25, -0.2) is 4.79 Å². The number of carbonyl (C=O) groups is 1. The number of para-hydroxylation sites is 1. The van der Waals surface area contributed by atoms with Crippen molar-refractivity contribution in [3.8, 4) is 11.3 Å². The fourth-order valence-electron chi connectivity index (χ4n) is 2.60. The van der Waals surface area contributed by atoms with Gasteiger partial charge in [0, 0.05) is 17.3 Å². The maximum Gasteiger partial charge on any atom is 0.324 e. The van der Waals surface area contributed by atoms with Crippen LogP contribution in [0.15, 0.2) is 65.2 Å². The Balaban J connectivity index is 1.69. The summed E-state index contributed by atoms with van der Waals surface area (Å²) in [5, 5.41) is 9.50. The molecule has 1 unspecified atom stereocenters. The summed E-state index contributed by atoms with van der Waals surface area (Å²) < 4.78 is 5.29. The molecule has 0 fully saturated rings. The number of aromatic nitrogens is 1. The van der Waals surface area contributed by atoms with Crippen LogP contribution in [0, 0.1) is 0 Å². The second-order valence-electron chi connectivity index (χ2n) is 5.92. The Morgan fingerprint density at radius 1 is 1.08 bits per heavy atom. The Morgan fingerprint density at radius 2 is 1.80 bits per heavy atom. The highest BCUT2D eigenvalue weighted by Crippen LogP contribution is 2.27. The van der Waals surface area contributed by atoms with E-state index in [1.54, 1.807) is 6.07 Å². The molecule has 5 nitrogen and oxygen atoms in total. The summed E-state index contributed by atoms with van der Waals surface area (Å²) in [7, 11) is 0. The Bertz CT molecular complexity index is 843. The lowest BCUT2D eigenvalue weighted by Gasteiger charge is -2.15. The molecule has 0 saturated carbocycles. The second kappa shape index (κ2) is 7.66. The van der Waals surface area contributed by atoms with Crippen molar-refractivity contribution in [1.82, 2.24) is 5.16 Å². The summed E-state index contributed by atoms with van der Waals surface area (Å²) in [5.41, 5.74) is 2.83. The monoisotopic (exact) mass is 335 g/mol. The largest absolute Gasteiger partial charge is 0.354 e. The topological polar surface area (TPSA) is 67.2 Å². The highest BCUT2D eigenvalue weighted by molar-refractivity contribution is 5.99. The smallest absolute Gasteiger partial charge is 0.324 e. The normalized spacial score (nSPS) is 11.8. The van der Waals surface area contributed by atoms with Gasteiger partial charge in [0.05, 0.1) is 0 Å². The summed E-state index contributed by atoms with van der Waals surface area (Å²) >= 11 is 0. The van der Waals surface area contributed by atoms with E-state index < -0.39 is 0 Å². The summed E-state index contributed by atoms with van der Waals surface area (Å²) in [6, 6.07) is 18.8. The van der Waals surface area contributed by atoms with Gasteiger partial charge in [-0.2, -0.15) is 0 Å². The summed E-state index contributed by atoms with van der Waals surface area (Å²) in [5.74, 6) is 1.35. The molecule has 25 heavy (non-hydrogen) atoms. The number of urea groups is 1. The number of hydrogen-bond donors (Lipinski definition) is 2. The van der Waals surface area contributed by atoms with E-state index in [1.165, 1.54) is 0 Å². The zero-order valence-corrected chi connectivity index (χ0v) is 14.3. The number of nitrogens with zero attached hydrogens (tertiary/aromatic N) is 1. The molecule has 5 heteroatoms. The Hall–Kier alpha value is -3.08. The lowest BCUT2D eigenvalue weighted by Crippen LogP contribution is -2.20. The molecule has 1 aromatic heterocycles. The highest BCUT2D eigenvalue weighted by atomic mass is 16.5. The van der Waals surface area contributed by atoms with Crippen molar-refractivity contribution >= 4 is 17.5 Å². The van der Waals surface area contributed by atoms with Gasteiger partial charge in [-0.15, -0.1) is 0 Å². The van der Waals surface area contributed by atoms with Crippen LogP contribution in [0.1, 0.15) is 31.7 Å². The molecule has 0 bridgehead atoms. The zero-order valence-electron chi connectivity index (χ0n) is 14.3. The van der Waals surface area contributed by atoms with Crippen molar-refractivity contribution in [2.24, 2.45) is 0 Å². The molecule has 2 N–H and O–H groups in total. The summed E-state index contributed by atoms with van der Waals surface area (Å²) in [6.07, 6.45) is 1.00. The molecule has 3 rings (SSSR count). The molecule has 0 aliphatic heterocycles. The van der Waals surface area contributed by atoms with Gasteiger partial charge < -0.3 is 9.84 Å². The lowest BCUT2D eigenvalue weighted by molar-refractivity contribution is 0.262. The molecule has 0 saturated heterocycles. The molecule has 1 atom stereocenters. The quantitative estimate of drug-likeness (QED) is 0.647. The van der Waals surface area contributed by atoms with E-state index in [4.69, 9.17) is 4.52 Å². The van der Waals surface area contributed by atoms with Crippen LogP contribution in [0.4, 0.5) is 16.3 Å². The predicted octanol–water partition coefficient (Wildman–Crippen LogP) is 5.50. The standard InChI is InChI=1S/C20H21N3O2/c1-3-14(2)16-11-7-8-12-17(16)21-20(24)22-19-13-18(25-23-19)15-9-5-4-6-10-15/h4-14H,3H2,1-2H3,(H2,21,22,23,24). The first-order valence-electron chi connectivity index (χ1n) is 8.36. The maximum absolute atomic E-state index is 12.3. The summed E-state index contributed by atoms with van der Waals surface area (Å²) in [4.78, 5) is 12.3. The fraction of sp³-hybridized carbons (Fsp3) is 0.200. The van der Waals surface area contributed by atoms with Crippen molar-refractivity contribution in [2.45, 2.75) is 26.2 Å². The number of nitrogens with one attached hydrogen (secondary N) is 2. The van der Waals surface area contributed by atoms with Crippen molar-refractivity contribution in [2.75, 3.05) is 10.6 Å². The van der Waals surface area contributed by atoms with Crippen LogP contribution in [0.3, 0.4) is 0 Å². The molecular formula is C20H21N3O2. The first-order chi connectivity index (χ1) is 12.2. The van der Waals surface area contributed by atoms with Gasteiger partial charge >= 0.3 is 6.03 Å². The van der Waals surface area contributed by atoms with Crippen LogP contribution in [-0.4, -0.2) is 11.2 Å². The molecule has 2 aromatic carbocycles. The van der Waals surface area contributed by atoms with Crippen molar-refractivity contribution < 1.29 is 9.32 Å². The summed E-state index contributed by atoms with van der Waals surface area (Å²) in [6.45, 7) is 4.27. The number of amides is 2. The van der Waals surface area contributed by atoms with Crippen LogP contribution in [0.25, 0.3) is 11.3 Å². The molecule has 0 spiro atoms. The van der Waals surface area contributed by atoms with Crippen LogP contribution in [0.2, 0.25) is 0 Å². The predicted molar refractivity (Wildman–Crippen MR) is 99.7 cm³/mol. The number of rotatable bonds is 5. The van der Waals surface area contributed by atoms with Gasteiger partial charge in [-0.3, -0.25) is 5.32 Å². The van der Waals surface area contributed by atoms with Gasteiger partial charge in [-0.05, 0) is 24.0 Å². The molecular weight excluding hydrogens is 314 g/mol. The zero-order chi connectivity index (χ0) is 17.6. The number of carbonyl (C=O) groups excluding carboxylic acids is 1. The van der Waals surface area contributed by atoms with Gasteiger partial charge in [-0.1, -0.05) is 67.5 Å². The first kappa shape index (κ1) is 16.8. The molecule has 0 aliphatic rings. The third kappa shape index (κ3) is 4.07. The van der Waals surface area contributed by atoms with E-state index in [0.717, 1.165) is 23.2 Å². The Labute approximate surface area is 147 Å². The van der Waals surface area contributed by atoms with Crippen LogP contribution >= 0.6 is 0 Å². The van der Waals surface area contributed by atoms with Gasteiger partial charge in [0.1, 0.15) is 0 Å². The second-order valence-corrected chi connectivity index (χ2v) is 5.92. The minimum absolute atomic E-state index is 0.344. The van der Waals surface area contributed by atoms with Crippen LogP contribution in [-0.2, 0) is 0 Å². The molecule has 2 amide bonds.